The molecule has 0 atom stereocenters. The van der Waals surface area contributed by atoms with Gasteiger partial charge < -0.3 is 15.7 Å². The first-order valence-electron chi connectivity index (χ1n) is 9.26. The molecule has 4 aliphatic carbocycles. The number of rotatable bonds is 6. The minimum atomic E-state index is -0.974. The number of amides is 1. The minimum Gasteiger partial charge on any atom is -0.481 e. The lowest BCUT2D eigenvalue weighted by molar-refractivity contribution is -0.138. The van der Waals surface area contributed by atoms with Crippen molar-refractivity contribution in [1.29, 1.82) is 0 Å². The van der Waals surface area contributed by atoms with Gasteiger partial charge in [-0.3, -0.25) is 9.59 Å². The Morgan fingerprint density at radius 1 is 1.08 bits per heavy atom. The van der Waals surface area contributed by atoms with Crippen molar-refractivity contribution < 1.29 is 14.7 Å². The predicted molar refractivity (Wildman–Crippen MR) is 94.3 cm³/mol. The van der Waals surface area contributed by atoms with Gasteiger partial charge in [-0.2, -0.15) is 0 Å². The van der Waals surface area contributed by atoms with Crippen molar-refractivity contribution in [3.8, 4) is 0 Å². The highest BCUT2D eigenvalue weighted by molar-refractivity contribution is 5.91. The Labute approximate surface area is 147 Å². The van der Waals surface area contributed by atoms with Crippen LogP contribution in [0.5, 0.6) is 0 Å². The van der Waals surface area contributed by atoms with E-state index in [0.717, 1.165) is 23.4 Å². The van der Waals surface area contributed by atoms with E-state index >= 15 is 0 Å². The van der Waals surface area contributed by atoms with Gasteiger partial charge in [-0.1, -0.05) is 0 Å². The molecule has 1 heterocycles. The summed E-state index contributed by atoms with van der Waals surface area (Å²) in [4.78, 5) is 26.5. The van der Waals surface area contributed by atoms with E-state index in [9.17, 15) is 9.59 Å². The summed E-state index contributed by atoms with van der Waals surface area (Å²) in [5.74, 6) is 1.83. The highest BCUT2D eigenvalue weighted by atomic mass is 16.4. The summed E-state index contributed by atoms with van der Waals surface area (Å²) in [5, 5.41) is 15.0. The number of aromatic nitrogens is 1. The van der Waals surface area contributed by atoms with Crippen LogP contribution in [0.2, 0.25) is 0 Å². The largest absolute Gasteiger partial charge is 0.481 e. The zero-order valence-electron chi connectivity index (χ0n) is 14.3. The Balaban J connectivity index is 1.36. The van der Waals surface area contributed by atoms with Crippen LogP contribution in [0.25, 0.3) is 0 Å². The number of carboxylic acids is 1. The maximum Gasteiger partial charge on any atom is 0.303 e. The van der Waals surface area contributed by atoms with Crippen molar-refractivity contribution in [3.05, 3.63) is 18.3 Å². The minimum absolute atomic E-state index is 0.0374. The Hall–Kier alpha value is -2.11. The summed E-state index contributed by atoms with van der Waals surface area (Å²) < 4.78 is 0. The van der Waals surface area contributed by atoms with Gasteiger partial charge in [0.15, 0.2) is 0 Å². The molecule has 4 bridgehead atoms. The number of anilines is 2. The van der Waals surface area contributed by atoms with Crippen molar-refractivity contribution in [2.75, 3.05) is 10.6 Å². The second-order valence-corrected chi connectivity index (χ2v) is 8.20. The molecule has 0 radical (unpaired) electrons. The molecule has 6 nitrogen and oxygen atoms in total. The summed E-state index contributed by atoms with van der Waals surface area (Å²) in [6.45, 7) is 0. The summed E-state index contributed by atoms with van der Waals surface area (Å²) >= 11 is 0. The van der Waals surface area contributed by atoms with E-state index in [1.54, 1.807) is 12.3 Å². The summed E-state index contributed by atoms with van der Waals surface area (Å²) in [5.41, 5.74) is 1.24. The zero-order valence-corrected chi connectivity index (χ0v) is 14.3. The first-order chi connectivity index (χ1) is 12.0. The number of pyridine rings is 1. The van der Waals surface area contributed by atoms with Crippen LogP contribution < -0.4 is 10.6 Å². The van der Waals surface area contributed by atoms with Crippen LogP contribution in [-0.2, 0) is 9.59 Å². The highest BCUT2D eigenvalue weighted by Crippen LogP contribution is 2.56. The molecule has 0 aromatic carbocycles. The normalized spacial score (nSPS) is 32.4. The van der Waals surface area contributed by atoms with E-state index in [1.165, 1.54) is 38.5 Å². The third-order valence-electron chi connectivity index (χ3n) is 6.04. The average molecular weight is 343 g/mol. The molecule has 1 aromatic heterocycles. The van der Waals surface area contributed by atoms with Crippen LogP contribution >= 0.6 is 0 Å². The number of nitrogens with zero attached hydrogens (tertiary/aromatic N) is 1. The van der Waals surface area contributed by atoms with Gasteiger partial charge in [-0.25, -0.2) is 4.98 Å². The molecule has 5 rings (SSSR count). The predicted octanol–water partition coefficient (Wildman–Crippen LogP) is 3.27. The van der Waals surface area contributed by atoms with Crippen LogP contribution in [-0.4, -0.2) is 27.5 Å². The summed E-state index contributed by atoms with van der Waals surface area (Å²) in [6.07, 6.45) is 9.63. The second-order valence-electron chi connectivity index (χ2n) is 8.20. The molecule has 4 saturated carbocycles. The average Bonchev–Trinajstić information content (AvgIpc) is 2.53. The highest BCUT2D eigenvalue weighted by Gasteiger charge is 2.50. The first-order valence-corrected chi connectivity index (χ1v) is 9.26. The third kappa shape index (κ3) is 3.62. The van der Waals surface area contributed by atoms with Gasteiger partial charge in [-0.05, 0) is 68.4 Å². The molecule has 4 aliphatic rings. The Bertz CT molecular complexity index is 636. The molecule has 1 amide bonds. The first kappa shape index (κ1) is 16.4. The van der Waals surface area contributed by atoms with Gasteiger partial charge in [0.25, 0.3) is 0 Å². The van der Waals surface area contributed by atoms with E-state index in [0.29, 0.717) is 5.82 Å². The van der Waals surface area contributed by atoms with Gasteiger partial charge >= 0.3 is 5.97 Å². The number of carboxylic acid groups (broad SMARTS) is 1. The standard InChI is InChI=1S/C19H25N3O3/c23-17(3-4-18(24)25)21-16-2-1-15(11-20-16)22-19-8-12-5-13(9-19)7-14(6-12)10-19/h1-2,11-14,22H,3-10H2,(H,24,25)(H,20,21,23). The molecule has 134 valence electrons. The van der Waals surface area contributed by atoms with E-state index < -0.39 is 5.97 Å². The molecule has 0 spiro atoms. The van der Waals surface area contributed by atoms with E-state index in [-0.39, 0.29) is 24.3 Å². The number of hydrogen-bond acceptors (Lipinski definition) is 4. The van der Waals surface area contributed by atoms with Crippen LogP contribution in [0.4, 0.5) is 11.5 Å². The third-order valence-corrected chi connectivity index (χ3v) is 6.04. The topological polar surface area (TPSA) is 91.3 Å². The quantitative estimate of drug-likeness (QED) is 0.737. The molecule has 25 heavy (non-hydrogen) atoms. The van der Waals surface area contributed by atoms with Crippen molar-refractivity contribution in [1.82, 2.24) is 4.98 Å². The number of hydrogen-bond donors (Lipinski definition) is 3. The zero-order chi connectivity index (χ0) is 17.4. The molecule has 3 N–H and O–H groups in total. The van der Waals surface area contributed by atoms with Gasteiger partial charge in [0.05, 0.1) is 18.3 Å². The van der Waals surface area contributed by atoms with Gasteiger partial charge in [0.2, 0.25) is 5.91 Å². The smallest absolute Gasteiger partial charge is 0.303 e. The second kappa shape index (κ2) is 6.32. The van der Waals surface area contributed by atoms with Crippen LogP contribution in [0.3, 0.4) is 0 Å². The molecule has 0 unspecified atom stereocenters. The van der Waals surface area contributed by atoms with Crippen molar-refractivity contribution in [2.45, 2.75) is 56.9 Å². The Morgan fingerprint density at radius 2 is 1.72 bits per heavy atom. The van der Waals surface area contributed by atoms with Crippen LogP contribution in [0.15, 0.2) is 18.3 Å². The monoisotopic (exact) mass is 343 g/mol. The van der Waals surface area contributed by atoms with Gasteiger partial charge in [0, 0.05) is 12.0 Å². The molecule has 4 fully saturated rings. The van der Waals surface area contributed by atoms with E-state index in [4.69, 9.17) is 5.11 Å². The number of carbonyl (C=O) groups is 2. The lowest BCUT2D eigenvalue weighted by Gasteiger charge is -2.57. The molecule has 6 heteroatoms. The van der Waals surface area contributed by atoms with Crippen molar-refractivity contribution in [3.63, 3.8) is 0 Å². The Morgan fingerprint density at radius 3 is 2.24 bits per heavy atom. The van der Waals surface area contributed by atoms with Gasteiger partial charge in [0.1, 0.15) is 5.82 Å². The molecular formula is C19H25N3O3. The van der Waals surface area contributed by atoms with Crippen LogP contribution in [0, 0.1) is 17.8 Å². The molecular weight excluding hydrogens is 318 g/mol. The fourth-order valence-electron chi connectivity index (χ4n) is 5.54. The number of carbonyl (C=O) groups excluding carboxylic acids is 1. The molecule has 0 saturated heterocycles. The van der Waals surface area contributed by atoms with Gasteiger partial charge in [-0.15, -0.1) is 0 Å². The van der Waals surface area contributed by atoms with Crippen molar-refractivity contribution in [2.24, 2.45) is 17.8 Å². The summed E-state index contributed by atoms with van der Waals surface area (Å²) in [7, 11) is 0. The van der Waals surface area contributed by atoms with E-state index in [1.807, 2.05) is 6.07 Å². The maximum absolute atomic E-state index is 11.7. The SMILES string of the molecule is O=C(O)CCC(=O)Nc1ccc(NC23CC4CC(CC(C4)C2)C3)cn1. The fraction of sp³-hybridized carbons (Fsp3) is 0.632. The molecule has 0 aliphatic heterocycles. The molecule has 1 aromatic rings. The number of nitrogens with one attached hydrogen (secondary N) is 2. The lowest BCUT2D eigenvalue weighted by atomic mass is 9.53. The van der Waals surface area contributed by atoms with Crippen LogP contribution in [0.1, 0.15) is 51.4 Å². The van der Waals surface area contributed by atoms with E-state index in [2.05, 4.69) is 15.6 Å². The Kier molecular flexibility index (Phi) is 4.13. The summed E-state index contributed by atoms with van der Waals surface area (Å²) in [6, 6.07) is 3.74. The van der Waals surface area contributed by atoms with Crippen molar-refractivity contribution >= 4 is 23.4 Å². The maximum atomic E-state index is 11.7. The lowest BCUT2D eigenvalue weighted by Crippen LogP contribution is -2.54. The fourth-order valence-corrected chi connectivity index (χ4v) is 5.54. The number of aliphatic carboxylic acids is 1.